The average Bonchev–Trinajstić information content (AvgIpc) is 3.04. The van der Waals surface area contributed by atoms with Crippen LogP contribution in [-0.2, 0) is 4.79 Å². The largest absolute Gasteiger partial charge is 0.368 e. The van der Waals surface area contributed by atoms with Gasteiger partial charge in [0, 0.05) is 6.54 Å². The maximum atomic E-state index is 14.0. The van der Waals surface area contributed by atoms with Crippen LogP contribution in [-0.4, -0.2) is 34.3 Å². The summed E-state index contributed by atoms with van der Waals surface area (Å²) < 4.78 is 14.0. The number of carbonyl (C=O) groups is 2. The zero-order chi connectivity index (χ0) is 17.9. The Morgan fingerprint density at radius 1 is 1.36 bits per heavy atom. The third-order valence-corrected chi connectivity index (χ3v) is 6.16. The number of nitrogens with two attached hydrogens (primary N) is 1. The Balaban J connectivity index is 1.75. The second kappa shape index (κ2) is 5.62. The SMILES string of the molecule is Cc1nc(C(=O)N2C[C@@H]3C[C@@H]3[C@H]2C(N)=O)c(-c2cccc(F)c2C)s1. The highest BCUT2D eigenvalue weighted by molar-refractivity contribution is 7.15. The highest BCUT2D eigenvalue weighted by Gasteiger charge is 2.56. The maximum absolute atomic E-state index is 14.0. The number of fused-ring (bicyclic) bond motifs is 1. The van der Waals surface area contributed by atoms with E-state index in [2.05, 4.69) is 4.98 Å². The number of likely N-dealkylation sites (tertiary alicyclic amines) is 1. The molecule has 2 fully saturated rings. The van der Waals surface area contributed by atoms with E-state index in [9.17, 15) is 14.0 Å². The van der Waals surface area contributed by atoms with E-state index in [0.29, 0.717) is 28.5 Å². The van der Waals surface area contributed by atoms with E-state index in [-0.39, 0.29) is 23.3 Å². The minimum atomic E-state index is -0.555. The number of halogens is 1. The third kappa shape index (κ3) is 2.54. The summed E-state index contributed by atoms with van der Waals surface area (Å²) >= 11 is 1.36. The Bertz CT molecular complexity index is 894. The summed E-state index contributed by atoms with van der Waals surface area (Å²) in [6, 6.07) is 4.25. The number of nitrogens with zero attached hydrogens (tertiary/aromatic N) is 2. The van der Waals surface area contributed by atoms with Gasteiger partial charge < -0.3 is 10.6 Å². The molecular weight excluding hydrogens is 341 g/mol. The average molecular weight is 359 g/mol. The number of thiazole rings is 1. The summed E-state index contributed by atoms with van der Waals surface area (Å²) in [4.78, 5) is 31.5. The van der Waals surface area contributed by atoms with Crippen LogP contribution in [0.1, 0.15) is 27.5 Å². The number of benzene rings is 1. The lowest BCUT2D eigenvalue weighted by atomic mass is 10.0. The van der Waals surface area contributed by atoms with Crippen molar-refractivity contribution in [3.8, 4) is 10.4 Å². The smallest absolute Gasteiger partial charge is 0.274 e. The second-order valence-electron chi connectivity index (χ2n) is 6.79. The number of hydrogen-bond donors (Lipinski definition) is 1. The van der Waals surface area contributed by atoms with E-state index in [1.54, 1.807) is 24.0 Å². The summed E-state index contributed by atoms with van der Waals surface area (Å²) in [5, 5.41) is 0.724. The quantitative estimate of drug-likeness (QED) is 0.915. The standard InChI is InChI=1S/C18H18FN3O2S/c1-8-11(4-3-5-13(8)19)16-14(21-9(2)25-16)18(24)22-7-10-6-12(10)15(22)17(20)23/h3-5,10,12,15H,6-7H2,1-2H3,(H2,20,23)/t10-,12-,15-/m0/s1. The minimum Gasteiger partial charge on any atom is -0.368 e. The first-order valence-electron chi connectivity index (χ1n) is 8.21. The Labute approximate surface area is 148 Å². The van der Waals surface area contributed by atoms with Gasteiger partial charge >= 0.3 is 0 Å². The second-order valence-corrected chi connectivity index (χ2v) is 7.99. The van der Waals surface area contributed by atoms with Gasteiger partial charge in [-0.2, -0.15) is 0 Å². The highest BCUT2D eigenvalue weighted by atomic mass is 32.1. The number of amides is 2. The van der Waals surface area contributed by atoms with Gasteiger partial charge in [0.25, 0.3) is 5.91 Å². The Morgan fingerprint density at radius 3 is 2.84 bits per heavy atom. The van der Waals surface area contributed by atoms with Crippen molar-refractivity contribution in [1.29, 1.82) is 0 Å². The highest BCUT2D eigenvalue weighted by Crippen LogP contribution is 2.50. The van der Waals surface area contributed by atoms with Gasteiger partial charge in [-0.05, 0) is 49.3 Å². The molecular formula is C18H18FN3O2S. The number of aromatic nitrogens is 1. The van der Waals surface area contributed by atoms with Crippen molar-refractivity contribution < 1.29 is 14.0 Å². The van der Waals surface area contributed by atoms with E-state index < -0.39 is 11.9 Å². The van der Waals surface area contributed by atoms with Gasteiger partial charge in [0.15, 0.2) is 0 Å². The fraction of sp³-hybridized carbons (Fsp3) is 0.389. The van der Waals surface area contributed by atoms with Crippen LogP contribution in [0.15, 0.2) is 18.2 Å². The van der Waals surface area contributed by atoms with Crippen molar-refractivity contribution >= 4 is 23.2 Å². The molecule has 7 heteroatoms. The maximum Gasteiger partial charge on any atom is 0.274 e. The van der Waals surface area contributed by atoms with Gasteiger partial charge in [-0.1, -0.05) is 12.1 Å². The zero-order valence-electron chi connectivity index (χ0n) is 14.0. The number of carbonyl (C=O) groups excluding carboxylic acids is 2. The molecule has 25 heavy (non-hydrogen) atoms. The summed E-state index contributed by atoms with van der Waals surface area (Å²) in [5.41, 5.74) is 6.94. The van der Waals surface area contributed by atoms with Crippen LogP contribution in [0.2, 0.25) is 0 Å². The number of aryl methyl sites for hydroxylation is 1. The van der Waals surface area contributed by atoms with Crippen LogP contribution in [0.3, 0.4) is 0 Å². The van der Waals surface area contributed by atoms with Crippen LogP contribution in [0.4, 0.5) is 4.39 Å². The molecule has 4 rings (SSSR count). The molecule has 0 radical (unpaired) electrons. The van der Waals surface area contributed by atoms with E-state index in [1.807, 2.05) is 6.92 Å². The molecule has 2 aromatic rings. The molecule has 0 spiro atoms. The number of rotatable bonds is 3. The Hall–Kier alpha value is -2.28. The summed E-state index contributed by atoms with van der Waals surface area (Å²) in [6.45, 7) is 4.03. The minimum absolute atomic E-state index is 0.181. The summed E-state index contributed by atoms with van der Waals surface area (Å²) in [5.74, 6) is -0.534. The van der Waals surface area contributed by atoms with Gasteiger partial charge in [0.05, 0.1) is 9.88 Å². The predicted molar refractivity (Wildman–Crippen MR) is 92.6 cm³/mol. The van der Waals surface area contributed by atoms with Crippen LogP contribution < -0.4 is 5.73 Å². The van der Waals surface area contributed by atoms with Crippen LogP contribution in [0, 0.1) is 31.5 Å². The normalized spacial score (nSPS) is 24.3. The van der Waals surface area contributed by atoms with E-state index in [1.165, 1.54) is 17.4 Å². The molecule has 2 heterocycles. The fourth-order valence-corrected chi connectivity index (χ4v) is 4.78. The molecule has 1 aromatic heterocycles. The lowest BCUT2D eigenvalue weighted by Gasteiger charge is -2.24. The number of piperidine rings is 1. The molecule has 5 nitrogen and oxygen atoms in total. The lowest BCUT2D eigenvalue weighted by Crippen LogP contribution is -2.46. The monoisotopic (exact) mass is 359 g/mol. The van der Waals surface area contributed by atoms with Gasteiger partial charge in [-0.15, -0.1) is 11.3 Å². The third-order valence-electron chi connectivity index (χ3n) is 5.15. The molecule has 130 valence electrons. The van der Waals surface area contributed by atoms with Crippen LogP contribution >= 0.6 is 11.3 Å². The van der Waals surface area contributed by atoms with Crippen molar-refractivity contribution in [1.82, 2.24) is 9.88 Å². The molecule has 1 aromatic carbocycles. The molecule has 1 aliphatic heterocycles. The van der Waals surface area contributed by atoms with Crippen molar-refractivity contribution in [2.75, 3.05) is 6.54 Å². The zero-order valence-corrected chi connectivity index (χ0v) is 14.8. The Kier molecular flexibility index (Phi) is 3.64. The Morgan fingerprint density at radius 2 is 2.12 bits per heavy atom. The molecule has 1 saturated heterocycles. The van der Waals surface area contributed by atoms with Crippen molar-refractivity contribution in [3.63, 3.8) is 0 Å². The van der Waals surface area contributed by atoms with Crippen LogP contribution in [0.25, 0.3) is 10.4 Å². The van der Waals surface area contributed by atoms with Gasteiger partial charge in [-0.3, -0.25) is 9.59 Å². The van der Waals surface area contributed by atoms with Crippen molar-refractivity contribution in [2.24, 2.45) is 17.6 Å². The first-order chi connectivity index (χ1) is 11.9. The molecule has 3 atom stereocenters. The first-order valence-corrected chi connectivity index (χ1v) is 9.03. The molecule has 1 saturated carbocycles. The molecule has 2 aliphatic rings. The lowest BCUT2D eigenvalue weighted by molar-refractivity contribution is -0.122. The van der Waals surface area contributed by atoms with E-state index in [0.717, 1.165) is 11.4 Å². The first kappa shape index (κ1) is 16.2. The number of primary amides is 1. The van der Waals surface area contributed by atoms with Gasteiger partial charge in [0.2, 0.25) is 5.91 Å². The number of hydrogen-bond acceptors (Lipinski definition) is 4. The molecule has 2 N–H and O–H groups in total. The topological polar surface area (TPSA) is 76.3 Å². The van der Waals surface area contributed by atoms with Crippen LogP contribution in [0.5, 0.6) is 0 Å². The van der Waals surface area contributed by atoms with Gasteiger partial charge in [0.1, 0.15) is 17.6 Å². The molecule has 0 bridgehead atoms. The van der Waals surface area contributed by atoms with Crippen molar-refractivity contribution in [3.05, 3.63) is 40.3 Å². The summed E-state index contributed by atoms with van der Waals surface area (Å²) in [7, 11) is 0. The fourth-order valence-electron chi connectivity index (χ4n) is 3.78. The van der Waals surface area contributed by atoms with Crippen molar-refractivity contribution in [2.45, 2.75) is 26.3 Å². The van der Waals surface area contributed by atoms with E-state index >= 15 is 0 Å². The molecule has 2 amide bonds. The molecule has 0 unspecified atom stereocenters. The summed E-state index contributed by atoms with van der Waals surface area (Å²) in [6.07, 6.45) is 0.948. The predicted octanol–water partition coefficient (Wildman–Crippen LogP) is 2.51. The van der Waals surface area contributed by atoms with E-state index in [4.69, 9.17) is 5.73 Å². The van der Waals surface area contributed by atoms with Gasteiger partial charge in [-0.25, -0.2) is 9.37 Å². The molecule has 1 aliphatic carbocycles.